The van der Waals surface area contributed by atoms with Crippen LogP contribution in [0.15, 0.2) is 24.8 Å². The van der Waals surface area contributed by atoms with E-state index in [-0.39, 0.29) is 6.61 Å². The molecule has 0 bridgehead atoms. The van der Waals surface area contributed by atoms with E-state index < -0.39 is 0 Å². The van der Waals surface area contributed by atoms with Gasteiger partial charge in [0.1, 0.15) is 0 Å². The third kappa shape index (κ3) is 2.43. The lowest BCUT2D eigenvalue weighted by Gasteiger charge is -2.06. The maximum Gasteiger partial charge on any atom is 0.0471 e. The van der Waals surface area contributed by atoms with Crippen molar-refractivity contribution in [1.82, 2.24) is 0 Å². The highest BCUT2D eigenvalue weighted by atomic mass is 16.2. The fourth-order valence-corrected chi connectivity index (χ4v) is 1.36. The van der Waals surface area contributed by atoms with Crippen LogP contribution in [-0.2, 0) is 6.42 Å². The van der Waals surface area contributed by atoms with Crippen molar-refractivity contribution in [3.05, 3.63) is 41.5 Å². The average Bonchev–Trinajstić information content (AvgIpc) is 2.08. The van der Waals surface area contributed by atoms with Crippen LogP contribution in [0.25, 0.3) is 5.57 Å². The second-order valence-electron chi connectivity index (χ2n) is 3.40. The van der Waals surface area contributed by atoms with Crippen LogP contribution >= 0.6 is 0 Å². The molecule has 0 atom stereocenters. The first-order chi connectivity index (χ1) is 6.15. The molecular weight excluding hydrogens is 160 g/mol. The average molecular weight is 176 g/mol. The topological polar surface area (TPSA) is 20.2 Å². The summed E-state index contributed by atoms with van der Waals surface area (Å²) in [6.07, 6.45) is 0.738. The van der Waals surface area contributed by atoms with Crippen LogP contribution in [0.3, 0.4) is 0 Å². The minimum absolute atomic E-state index is 0.216. The molecule has 1 aromatic rings. The summed E-state index contributed by atoms with van der Waals surface area (Å²) in [5.41, 5.74) is 4.71. The van der Waals surface area contributed by atoms with Gasteiger partial charge in [0.05, 0.1) is 0 Å². The first-order valence-corrected chi connectivity index (χ1v) is 4.51. The first kappa shape index (κ1) is 10.0. The van der Waals surface area contributed by atoms with E-state index in [0.29, 0.717) is 0 Å². The maximum absolute atomic E-state index is 8.81. The Morgan fingerprint density at radius 3 is 2.62 bits per heavy atom. The fraction of sp³-hybridized carbons (Fsp3) is 0.333. The van der Waals surface area contributed by atoms with Gasteiger partial charge in [0.2, 0.25) is 0 Å². The molecule has 0 heterocycles. The Balaban J connectivity index is 2.98. The summed E-state index contributed by atoms with van der Waals surface area (Å²) in [6.45, 7) is 8.18. The Kier molecular flexibility index (Phi) is 3.26. The molecule has 0 unspecified atom stereocenters. The second kappa shape index (κ2) is 4.24. The second-order valence-corrected chi connectivity index (χ2v) is 3.40. The molecule has 0 saturated heterocycles. The summed E-state index contributed by atoms with van der Waals surface area (Å²) in [5, 5.41) is 8.81. The molecule has 0 fully saturated rings. The van der Waals surface area contributed by atoms with Gasteiger partial charge < -0.3 is 5.11 Å². The summed E-state index contributed by atoms with van der Waals surface area (Å²) < 4.78 is 0. The predicted octanol–water partition coefficient (Wildman–Crippen LogP) is 2.56. The summed E-state index contributed by atoms with van der Waals surface area (Å²) >= 11 is 0. The molecular formula is C12H16O. The zero-order chi connectivity index (χ0) is 9.84. The fourth-order valence-electron chi connectivity index (χ4n) is 1.36. The van der Waals surface area contributed by atoms with Crippen molar-refractivity contribution in [3.63, 3.8) is 0 Å². The standard InChI is InChI=1S/C12H16O/c1-9(2)12-5-4-11(6-7-13)10(3)8-12/h4-5,8,13H,1,6-7H2,2-3H3. The molecule has 13 heavy (non-hydrogen) atoms. The normalized spacial score (nSPS) is 10.1. The van der Waals surface area contributed by atoms with Crippen LogP contribution in [0, 0.1) is 6.92 Å². The zero-order valence-corrected chi connectivity index (χ0v) is 8.30. The molecule has 0 saturated carbocycles. The van der Waals surface area contributed by atoms with Gasteiger partial charge in [-0.05, 0) is 37.0 Å². The van der Waals surface area contributed by atoms with Gasteiger partial charge in [0, 0.05) is 6.61 Å². The molecule has 0 radical (unpaired) electrons. The lowest BCUT2D eigenvalue weighted by Crippen LogP contribution is -1.94. The van der Waals surface area contributed by atoms with Gasteiger partial charge in [-0.15, -0.1) is 0 Å². The number of aryl methyl sites for hydroxylation is 1. The maximum atomic E-state index is 8.81. The molecule has 0 aromatic heterocycles. The molecule has 1 rings (SSSR count). The van der Waals surface area contributed by atoms with Crippen molar-refractivity contribution < 1.29 is 5.11 Å². The Morgan fingerprint density at radius 1 is 1.46 bits per heavy atom. The number of rotatable bonds is 3. The predicted molar refractivity (Wildman–Crippen MR) is 56.7 cm³/mol. The highest BCUT2D eigenvalue weighted by molar-refractivity contribution is 5.62. The van der Waals surface area contributed by atoms with Crippen molar-refractivity contribution >= 4 is 5.57 Å². The van der Waals surface area contributed by atoms with Crippen LogP contribution < -0.4 is 0 Å². The molecule has 70 valence electrons. The minimum Gasteiger partial charge on any atom is -0.396 e. The van der Waals surface area contributed by atoms with E-state index in [9.17, 15) is 0 Å². The Bertz CT molecular complexity index is 313. The van der Waals surface area contributed by atoms with Gasteiger partial charge in [0.25, 0.3) is 0 Å². The smallest absolute Gasteiger partial charge is 0.0471 e. The number of aliphatic hydroxyl groups is 1. The van der Waals surface area contributed by atoms with E-state index >= 15 is 0 Å². The van der Waals surface area contributed by atoms with Gasteiger partial charge in [-0.25, -0.2) is 0 Å². The molecule has 0 spiro atoms. The van der Waals surface area contributed by atoms with E-state index in [0.717, 1.165) is 12.0 Å². The van der Waals surface area contributed by atoms with E-state index in [4.69, 9.17) is 5.11 Å². The molecule has 0 aliphatic heterocycles. The van der Waals surface area contributed by atoms with Crippen molar-refractivity contribution in [1.29, 1.82) is 0 Å². The van der Waals surface area contributed by atoms with E-state index in [1.165, 1.54) is 16.7 Å². The van der Waals surface area contributed by atoms with E-state index in [1.54, 1.807) is 0 Å². The highest BCUT2D eigenvalue weighted by Crippen LogP contribution is 2.16. The number of allylic oxidation sites excluding steroid dienone is 1. The lowest BCUT2D eigenvalue weighted by atomic mass is 10.00. The van der Waals surface area contributed by atoms with Crippen LogP contribution in [-0.4, -0.2) is 11.7 Å². The van der Waals surface area contributed by atoms with Gasteiger partial charge >= 0.3 is 0 Å². The number of aliphatic hydroxyl groups excluding tert-OH is 1. The third-order valence-electron chi connectivity index (χ3n) is 2.22. The monoisotopic (exact) mass is 176 g/mol. The molecule has 0 aliphatic rings. The van der Waals surface area contributed by atoms with Crippen LogP contribution in [0.5, 0.6) is 0 Å². The number of benzene rings is 1. The lowest BCUT2D eigenvalue weighted by molar-refractivity contribution is 0.299. The molecule has 0 amide bonds. The number of hydrogen-bond acceptors (Lipinski definition) is 1. The third-order valence-corrected chi connectivity index (χ3v) is 2.22. The van der Waals surface area contributed by atoms with Gasteiger partial charge in [-0.2, -0.15) is 0 Å². The Hall–Kier alpha value is -1.08. The molecule has 0 aliphatic carbocycles. The zero-order valence-electron chi connectivity index (χ0n) is 8.30. The van der Waals surface area contributed by atoms with Crippen LogP contribution in [0.1, 0.15) is 23.6 Å². The van der Waals surface area contributed by atoms with Gasteiger partial charge in [-0.3, -0.25) is 0 Å². The van der Waals surface area contributed by atoms with Crippen molar-refractivity contribution in [2.75, 3.05) is 6.61 Å². The van der Waals surface area contributed by atoms with Crippen LogP contribution in [0.4, 0.5) is 0 Å². The summed E-state index contributed by atoms with van der Waals surface area (Å²) in [5.74, 6) is 0. The summed E-state index contributed by atoms with van der Waals surface area (Å²) in [4.78, 5) is 0. The highest BCUT2D eigenvalue weighted by Gasteiger charge is 1.99. The number of hydrogen-bond donors (Lipinski definition) is 1. The SMILES string of the molecule is C=C(C)c1ccc(CCO)c(C)c1. The quantitative estimate of drug-likeness (QED) is 0.750. The molecule has 1 aromatic carbocycles. The van der Waals surface area contributed by atoms with Gasteiger partial charge in [-0.1, -0.05) is 30.4 Å². The Morgan fingerprint density at radius 2 is 2.15 bits per heavy atom. The molecule has 1 nitrogen and oxygen atoms in total. The minimum atomic E-state index is 0.216. The summed E-state index contributed by atoms with van der Waals surface area (Å²) in [6, 6.07) is 6.24. The van der Waals surface area contributed by atoms with Crippen LogP contribution in [0.2, 0.25) is 0 Å². The largest absolute Gasteiger partial charge is 0.396 e. The van der Waals surface area contributed by atoms with Crippen molar-refractivity contribution in [3.8, 4) is 0 Å². The van der Waals surface area contributed by atoms with Gasteiger partial charge in [0.15, 0.2) is 0 Å². The Labute approximate surface area is 79.7 Å². The van der Waals surface area contributed by atoms with Crippen molar-refractivity contribution in [2.24, 2.45) is 0 Å². The van der Waals surface area contributed by atoms with Crippen molar-refractivity contribution in [2.45, 2.75) is 20.3 Å². The molecule has 1 heteroatoms. The molecule has 1 N–H and O–H groups in total. The summed E-state index contributed by atoms with van der Waals surface area (Å²) in [7, 11) is 0. The van der Waals surface area contributed by atoms with E-state index in [1.807, 2.05) is 6.92 Å². The first-order valence-electron chi connectivity index (χ1n) is 4.51. The van der Waals surface area contributed by atoms with E-state index in [2.05, 4.69) is 31.7 Å².